The summed E-state index contributed by atoms with van der Waals surface area (Å²) in [5.74, 6) is 0. The summed E-state index contributed by atoms with van der Waals surface area (Å²) in [4.78, 5) is 0. The van der Waals surface area contributed by atoms with Crippen LogP contribution in [-0.4, -0.2) is 6.54 Å². The predicted molar refractivity (Wildman–Crippen MR) is 51.8 cm³/mol. The van der Waals surface area contributed by atoms with Gasteiger partial charge in [-0.1, -0.05) is 11.6 Å². The molecule has 1 fully saturated rings. The van der Waals surface area contributed by atoms with E-state index < -0.39 is 11.7 Å². The highest BCUT2D eigenvalue weighted by Crippen LogP contribution is 2.34. The van der Waals surface area contributed by atoms with Crippen LogP contribution in [0.2, 0.25) is 5.02 Å². The molecule has 1 aromatic rings. The topological polar surface area (TPSA) is 12.0 Å². The summed E-state index contributed by atoms with van der Waals surface area (Å²) in [7, 11) is 0. The lowest BCUT2D eigenvalue weighted by molar-refractivity contribution is -0.137. The average Bonchev–Trinajstić information content (AvgIpc) is 1.97. The molecule has 0 aliphatic carbocycles. The molecule has 0 unspecified atom stereocenters. The van der Waals surface area contributed by atoms with Crippen molar-refractivity contribution in [1.29, 1.82) is 0 Å². The Morgan fingerprint density at radius 3 is 2.40 bits per heavy atom. The van der Waals surface area contributed by atoms with Gasteiger partial charge in [-0.05, 0) is 36.7 Å². The molecule has 0 saturated carbocycles. The Balaban J connectivity index is 2.36. The molecule has 0 aromatic heterocycles. The van der Waals surface area contributed by atoms with Gasteiger partial charge in [-0.25, -0.2) is 0 Å². The van der Waals surface area contributed by atoms with E-state index in [0.717, 1.165) is 25.1 Å². The van der Waals surface area contributed by atoms with Gasteiger partial charge in [-0.15, -0.1) is 0 Å². The van der Waals surface area contributed by atoms with E-state index in [4.69, 9.17) is 11.6 Å². The lowest BCUT2D eigenvalue weighted by Crippen LogP contribution is -2.35. The maximum Gasteiger partial charge on any atom is 0.416 e. The largest absolute Gasteiger partial charge is 0.416 e. The van der Waals surface area contributed by atoms with E-state index in [-0.39, 0.29) is 11.1 Å². The molecule has 1 N–H and O–H groups in total. The van der Waals surface area contributed by atoms with Gasteiger partial charge in [-0.2, -0.15) is 13.2 Å². The number of benzene rings is 1. The number of rotatable bonds is 1. The first-order valence-electron chi connectivity index (χ1n) is 4.58. The van der Waals surface area contributed by atoms with Crippen molar-refractivity contribution in [2.45, 2.75) is 18.6 Å². The molecule has 1 aliphatic rings. The van der Waals surface area contributed by atoms with Gasteiger partial charge in [0.1, 0.15) is 0 Å². The molecular weight excluding hydrogens is 227 g/mol. The van der Waals surface area contributed by atoms with Crippen molar-refractivity contribution >= 4 is 11.6 Å². The highest BCUT2D eigenvalue weighted by molar-refractivity contribution is 6.30. The van der Waals surface area contributed by atoms with E-state index in [9.17, 15) is 13.2 Å². The summed E-state index contributed by atoms with van der Waals surface area (Å²) < 4.78 is 37.4. The van der Waals surface area contributed by atoms with E-state index in [2.05, 4.69) is 5.32 Å². The number of hydrogen-bond donors (Lipinski definition) is 1. The maximum absolute atomic E-state index is 12.5. The van der Waals surface area contributed by atoms with E-state index in [1.54, 1.807) is 6.07 Å². The van der Waals surface area contributed by atoms with Gasteiger partial charge >= 0.3 is 6.18 Å². The van der Waals surface area contributed by atoms with Gasteiger partial charge in [0.15, 0.2) is 0 Å². The molecule has 1 aromatic carbocycles. The Kier molecular flexibility index (Phi) is 2.64. The molecule has 1 atom stereocenters. The van der Waals surface area contributed by atoms with Crippen LogP contribution in [-0.2, 0) is 6.18 Å². The third kappa shape index (κ3) is 2.26. The zero-order valence-corrected chi connectivity index (χ0v) is 8.49. The van der Waals surface area contributed by atoms with Crippen molar-refractivity contribution in [3.8, 4) is 0 Å². The Labute approximate surface area is 90.2 Å². The van der Waals surface area contributed by atoms with Gasteiger partial charge in [0.2, 0.25) is 0 Å². The van der Waals surface area contributed by atoms with Crippen LogP contribution in [0.4, 0.5) is 13.2 Å². The molecule has 0 spiro atoms. The molecule has 0 amide bonds. The number of halogens is 4. The normalized spacial score (nSPS) is 21.2. The van der Waals surface area contributed by atoms with Gasteiger partial charge in [0.05, 0.1) is 5.56 Å². The second kappa shape index (κ2) is 3.68. The van der Waals surface area contributed by atoms with Crippen LogP contribution in [0.3, 0.4) is 0 Å². The maximum atomic E-state index is 12.5. The lowest BCUT2D eigenvalue weighted by Gasteiger charge is -2.28. The second-order valence-electron chi connectivity index (χ2n) is 3.57. The van der Waals surface area contributed by atoms with Gasteiger partial charge in [-0.3, -0.25) is 0 Å². The third-order valence-corrected chi connectivity index (χ3v) is 2.69. The molecule has 1 nitrogen and oxygen atoms in total. The first-order valence-corrected chi connectivity index (χ1v) is 4.96. The minimum absolute atomic E-state index is 0.0183. The van der Waals surface area contributed by atoms with Gasteiger partial charge in [0, 0.05) is 11.1 Å². The van der Waals surface area contributed by atoms with Crippen molar-refractivity contribution in [1.82, 2.24) is 5.32 Å². The second-order valence-corrected chi connectivity index (χ2v) is 4.00. The van der Waals surface area contributed by atoms with Crippen molar-refractivity contribution in [3.05, 3.63) is 34.3 Å². The fourth-order valence-corrected chi connectivity index (χ4v) is 1.79. The lowest BCUT2D eigenvalue weighted by atomic mass is 9.96. The molecule has 1 saturated heterocycles. The van der Waals surface area contributed by atoms with Crippen molar-refractivity contribution in [2.75, 3.05) is 6.54 Å². The van der Waals surface area contributed by atoms with Crippen LogP contribution in [0, 0.1) is 0 Å². The Morgan fingerprint density at radius 2 is 1.93 bits per heavy atom. The predicted octanol–water partition coefficient (Wildman–Crippen LogP) is 3.39. The van der Waals surface area contributed by atoms with Crippen LogP contribution >= 0.6 is 11.6 Å². The zero-order valence-electron chi connectivity index (χ0n) is 7.74. The molecule has 0 radical (unpaired) electrons. The van der Waals surface area contributed by atoms with Crippen LogP contribution in [0.25, 0.3) is 0 Å². The molecule has 2 rings (SSSR count). The van der Waals surface area contributed by atoms with Crippen molar-refractivity contribution in [2.24, 2.45) is 0 Å². The van der Waals surface area contributed by atoms with Crippen LogP contribution in [0.15, 0.2) is 18.2 Å². The fraction of sp³-hybridized carbons (Fsp3) is 0.400. The summed E-state index contributed by atoms with van der Waals surface area (Å²) in [5.41, 5.74) is -0.0697. The molecule has 1 aliphatic heterocycles. The summed E-state index contributed by atoms with van der Waals surface area (Å²) in [5, 5.41) is 3.17. The Hall–Kier alpha value is -0.740. The SMILES string of the molecule is FC(F)(F)c1cc(Cl)cc([C@H]2CCN2)c1. The van der Waals surface area contributed by atoms with E-state index in [1.807, 2.05) is 0 Å². The standard InChI is InChI=1S/C10H9ClF3N/c11-8-4-6(9-1-2-15-9)3-7(5-8)10(12,13)14/h3-5,9,15H,1-2H2/t9-/m1/s1. The number of nitrogens with one attached hydrogen (secondary N) is 1. The van der Waals surface area contributed by atoms with Crippen LogP contribution in [0.5, 0.6) is 0 Å². The average molecular weight is 236 g/mol. The highest BCUT2D eigenvalue weighted by atomic mass is 35.5. The Morgan fingerprint density at radius 1 is 1.27 bits per heavy atom. The fourth-order valence-electron chi connectivity index (χ4n) is 1.55. The smallest absolute Gasteiger partial charge is 0.310 e. The van der Waals surface area contributed by atoms with Crippen LogP contribution in [0.1, 0.15) is 23.6 Å². The molecule has 5 heteroatoms. The van der Waals surface area contributed by atoms with Crippen molar-refractivity contribution in [3.63, 3.8) is 0 Å². The Bertz CT molecular complexity index is 371. The zero-order chi connectivity index (χ0) is 11.1. The summed E-state index contributed by atoms with van der Waals surface area (Å²) in [6.45, 7) is 0.846. The quantitative estimate of drug-likeness (QED) is 0.787. The first-order chi connectivity index (χ1) is 6.97. The minimum atomic E-state index is -4.33. The monoisotopic (exact) mass is 235 g/mol. The number of hydrogen-bond acceptors (Lipinski definition) is 1. The van der Waals surface area contributed by atoms with Gasteiger partial charge in [0.25, 0.3) is 0 Å². The highest BCUT2D eigenvalue weighted by Gasteiger charge is 2.32. The van der Waals surface area contributed by atoms with E-state index in [1.165, 1.54) is 0 Å². The molecule has 1 heterocycles. The summed E-state index contributed by atoms with van der Waals surface area (Å²) in [6, 6.07) is 3.70. The van der Waals surface area contributed by atoms with Crippen LogP contribution < -0.4 is 5.32 Å². The third-order valence-electron chi connectivity index (χ3n) is 2.47. The molecule has 82 valence electrons. The molecule has 15 heavy (non-hydrogen) atoms. The summed E-state index contributed by atoms with van der Waals surface area (Å²) in [6.07, 6.45) is -3.47. The van der Waals surface area contributed by atoms with Crippen molar-refractivity contribution < 1.29 is 13.2 Å². The molecular formula is C10H9ClF3N. The summed E-state index contributed by atoms with van der Waals surface area (Å²) >= 11 is 5.65. The van der Waals surface area contributed by atoms with E-state index in [0.29, 0.717) is 5.56 Å². The number of alkyl halides is 3. The first kappa shape index (κ1) is 10.8. The molecule has 0 bridgehead atoms. The van der Waals surface area contributed by atoms with Gasteiger partial charge < -0.3 is 5.32 Å². The van der Waals surface area contributed by atoms with E-state index >= 15 is 0 Å². The minimum Gasteiger partial charge on any atom is -0.310 e.